The Balaban J connectivity index is 1.63. The Morgan fingerprint density at radius 3 is 2.60 bits per heavy atom. The number of amides is 1. The van der Waals surface area contributed by atoms with E-state index < -0.39 is 0 Å². The van der Waals surface area contributed by atoms with E-state index in [1.165, 1.54) is 16.3 Å². The summed E-state index contributed by atoms with van der Waals surface area (Å²) in [6, 6.07) is 20.5. The molecule has 122 valence electrons. The van der Waals surface area contributed by atoms with Crippen LogP contribution in [-0.4, -0.2) is 15.8 Å². The van der Waals surface area contributed by atoms with Gasteiger partial charge in [0.05, 0.1) is 0 Å². The van der Waals surface area contributed by atoms with Crippen LogP contribution in [0.4, 0.5) is 0 Å². The number of benzene rings is 3. The van der Waals surface area contributed by atoms with Crippen molar-refractivity contribution in [2.24, 2.45) is 0 Å². The number of hydrogen-bond acceptors (Lipinski definition) is 1. The Hall–Kier alpha value is -3.07. The van der Waals surface area contributed by atoms with Gasteiger partial charge in [-0.3, -0.25) is 4.79 Å². The van der Waals surface area contributed by atoms with E-state index in [4.69, 9.17) is 0 Å². The summed E-state index contributed by atoms with van der Waals surface area (Å²) in [7, 11) is 0. The first-order valence-electron chi connectivity index (χ1n) is 8.58. The number of rotatable bonds is 2. The minimum Gasteiger partial charge on any atom is -0.354 e. The predicted octanol–water partition coefficient (Wildman–Crippen LogP) is 4.79. The Bertz CT molecular complexity index is 1130. The molecule has 0 unspecified atom stereocenters. The number of fused-ring (bicyclic) bond motifs is 4. The fourth-order valence-corrected chi connectivity index (χ4v) is 4.02. The summed E-state index contributed by atoms with van der Waals surface area (Å²) < 4.78 is 0. The lowest BCUT2D eigenvalue weighted by molar-refractivity contribution is 0.0766. The molecule has 5 rings (SSSR count). The third-order valence-corrected chi connectivity index (χ3v) is 5.26. The van der Waals surface area contributed by atoms with E-state index >= 15 is 0 Å². The summed E-state index contributed by atoms with van der Waals surface area (Å²) in [5.41, 5.74) is 6.56. The number of carbonyl (C=O) groups is 1. The fraction of sp³-hybridized carbons (Fsp3) is 0.136. The Labute approximate surface area is 145 Å². The molecule has 3 heteroatoms. The number of nitrogens with zero attached hydrogens (tertiary/aromatic N) is 1. The molecular formula is C22H18N2O. The van der Waals surface area contributed by atoms with Gasteiger partial charge < -0.3 is 9.88 Å². The summed E-state index contributed by atoms with van der Waals surface area (Å²) in [5, 5.41) is 2.47. The van der Waals surface area contributed by atoms with Crippen LogP contribution in [0, 0.1) is 6.92 Å². The maximum atomic E-state index is 12.9. The molecule has 25 heavy (non-hydrogen) atoms. The number of aromatic amines is 1. The van der Waals surface area contributed by atoms with Crippen LogP contribution in [0.3, 0.4) is 0 Å². The molecule has 1 N–H and O–H groups in total. The maximum absolute atomic E-state index is 12.9. The number of hydrogen-bond donors (Lipinski definition) is 1. The van der Waals surface area contributed by atoms with E-state index in [1.807, 2.05) is 35.2 Å². The van der Waals surface area contributed by atoms with Gasteiger partial charge in [0.2, 0.25) is 0 Å². The highest BCUT2D eigenvalue weighted by molar-refractivity contribution is 6.12. The van der Waals surface area contributed by atoms with Gasteiger partial charge in [-0.05, 0) is 35.7 Å². The zero-order chi connectivity index (χ0) is 17.0. The number of para-hydroxylation sites is 1. The normalized spacial score (nSPS) is 13.8. The molecule has 3 aromatic carbocycles. The number of nitrogens with one attached hydrogen (secondary N) is 1. The van der Waals surface area contributed by atoms with Crippen molar-refractivity contribution in [2.75, 3.05) is 0 Å². The maximum Gasteiger partial charge on any atom is 0.254 e. The molecule has 0 saturated heterocycles. The Morgan fingerprint density at radius 1 is 1.00 bits per heavy atom. The molecule has 4 aromatic rings. The largest absolute Gasteiger partial charge is 0.354 e. The molecule has 3 nitrogen and oxygen atoms in total. The molecule has 0 saturated carbocycles. The smallest absolute Gasteiger partial charge is 0.254 e. The highest BCUT2D eigenvalue weighted by Crippen LogP contribution is 2.36. The van der Waals surface area contributed by atoms with Crippen LogP contribution in [0.2, 0.25) is 0 Å². The van der Waals surface area contributed by atoms with Crippen LogP contribution < -0.4 is 0 Å². The molecule has 1 aliphatic rings. The zero-order valence-electron chi connectivity index (χ0n) is 14.0. The molecule has 0 aliphatic carbocycles. The molecule has 0 fully saturated rings. The molecule has 1 aromatic heterocycles. The van der Waals surface area contributed by atoms with Gasteiger partial charge in [0.1, 0.15) is 0 Å². The Morgan fingerprint density at radius 2 is 1.76 bits per heavy atom. The second-order valence-corrected chi connectivity index (χ2v) is 6.77. The van der Waals surface area contributed by atoms with Crippen molar-refractivity contribution in [3.05, 3.63) is 82.9 Å². The van der Waals surface area contributed by atoms with Gasteiger partial charge in [0.25, 0.3) is 5.91 Å². The molecule has 1 aliphatic heterocycles. The van der Waals surface area contributed by atoms with E-state index in [0.29, 0.717) is 13.1 Å². The minimum absolute atomic E-state index is 0.127. The van der Waals surface area contributed by atoms with E-state index in [9.17, 15) is 4.79 Å². The summed E-state index contributed by atoms with van der Waals surface area (Å²) in [6.07, 6.45) is 0. The van der Waals surface area contributed by atoms with Gasteiger partial charge in [0, 0.05) is 40.5 Å². The standard InChI is InChI=1S/C22H18N2O/c1-14-18-13-24(12-15-7-3-2-4-8-15)22(25)17(18)11-20-21(14)16-9-5-6-10-19(16)23-20/h2-11,23H,12-13H2,1H3. The summed E-state index contributed by atoms with van der Waals surface area (Å²) in [4.78, 5) is 18.3. The lowest BCUT2D eigenvalue weighted by Gasteiger charge is -2.15. The lowest BCUT2D eigenvalue weighted by Crippen LogP contribution is -2.23. The molecule has 2 heterocycles. The molecular weight excluding hydrogens is 308 g/mol. The fourth-order valence-electron chi connectivity index (χ4n) is 4.02. The molecule has 0 bridgehead atoms. The van der Waals surface area contributed by atoms with Crippen molar-refractivity contribution in [1.29, 1.82) is 0 Å². The van der Waals surface area contributed by atoms with Gasteiger partial charge in [-0.2, -0.15) is 0 Å². The second kappa shape index (κ2) is 5.21. The number of carbonyl (C=O) groups excluding carboxylic acids is 1. The quantitative estimate of drug-likeness (QED) is 0.565. The molecule has 1 amide bonds. The van der Waals surface area contributed by atoms with Gasteiger partial charge in [0.15, 0.2) is 0 Å². The molecule has 0 radical (unpaired) electrons. The number of aryl methyl sites for hydroxylation is 1. The van der Waals surface area contributed by atoms with Crippen molar-refractivity contribution in [3.63, 3.8) is 0 Å². The lowest BCUT2D eigenvalue weighted by atomic mass is 9.98. The highest BCUT2D eigenvalue weighted by Gasteiger charge is 2.30. The number of aromatic nitrogens is 1. The SMILES string of the molecule is Cc1c2c(cc3[nH]c4ccccc4c13)C(=O)N(Cc1ccccc1)C2. The Kier molecular flexibility index (Phi) is 2.98. The topological polar surface area (TPSA) is 36.1 Å². The van der Waals surface area contributed by atoms with Gasteiger partial charge >= 0.3 is 0 Å². The van der Waals surface area contributed by atoms with Crippen molar-refractivity contribution in [1.82, 2.24) is 9.88 Å². The van der Waals surface area contributed by atoms with Crippen LogP contribution in [0.25, 0.3) is 21.8 Å². The van der Waals surface area contributed by atoms with Gasteiger partial charge in [-0.15, -0.1) is 0 Å². The van der Waals surface area contributed by atoms with E-state index in [0.717, 1.165) is 27.7 Å². The van der Waals surface area contributed by atoms with Crippen LogP contribution in [0.15, 0.2) is 60.7 Å². The van der Waals surface area contributed by atoms with Crippen LogP contribution in [0.1, 0.15) is 27.0 Å². The van der Waals surface area contributed by atoms with Gasteiger partial charge in [-0.25, -0.2) is 0 Å². The third-order valence-electron chi connectivity index (χ3n) is 5.26. The van der Waals surface area contributed by atoms with Crippen molar-refractivity contribution in [2.45, 2.75) is 20.0 Å². The van der Waals surface area contributed by atoms with E-state index in [-0.39, 0.29) is 5.91 Å². The highest BCUT2D eigenvalue weighted by atomic mass is 16.2. The summed E-state index contributed by atoms with van der Waals surface area (Å²) >= 11 is 0. The van der Waals surface area contributed by atoms with E-state index in [2.05, 4.69) is 42.2 Å². The van der Waals surface area contributed by atoms with E-state index in [1.54, 1.807) is 0 Å². The van der Waals surface area contributed by atoms with Crippen molar-refractivity contribution >= 4 is 27.7 Å². The van der Waals surface area contributed by atoms with Crippen molar-refractivity contribution < 1.29 is 4.79 Å². The van der Waals surface area contributed by atoms with Crippen molar-refractivity contribution in [3.8, 4) is 0 Å². The molecule has 0 spiro atoms. The second-order valence-electron chi connectivity index (χ2n) is 6.77. The monoisotopic (exact) mass is 326 g/mol. The third kappa shape index (κ3) is 2.09. The van der Waals surface area contributed by atoms with Crippen LogP contribution in [-0.2, 0) is 13.1 Å². The summed E-state index contributed by atoms with van der Waals surface area (Å²) in [5.74, 6) is 0.127. The average Bonchev–Trinajstić information content (AvgIpc) is 3.15. The zero-order valence-corrected chi connectivity index (χ0v) is 14.0. The predicted molar refractivity (Wildman–Crippen MR) is 101 cm³/mol. The first-order valence-corrected chi connectivity index (χ1v) is 8.58. The first kappa shape index (κ1) is 14.3. The molecule has 0 atom stereocenters. The first-order chi connectivity index (χ1) is 12.2. The summed E-state index contributed by atoms with van der Waals surface area (Å²) in [6.45, 7) is 3.48. The number of H-pyrrole nitrogens is 1. The minimum atomic E-state index is 0.127. The average molecular weight is 326 g/mol. The van der Waals surface area contributed by atoms with Crippen LogP contribution >= 0.6 is 0 Å². The van der Waals surface area contributed by atoms with Gasteiger partial charge in [-0.1, -0.05) is 48.5 Å². The van der Waals surface area contributed by atoms with Crippen LogP contribution in [0.5, 0.6) is 0 Å².